The van der Waals surface area contributed by atoms with E-state index in [-0.39, 0.29) is 0 Å². The Balaban J connectivity index is 3.10. The molecule has 20 heavy (non-hydrogen) atoms. The minimum absolute atomic E-state index is 0.337. The summed E-state index contributed by atoms with van der Waals surface area (Å²) in [6, 6.07) is 2.07. The predicted molar refractivity (Wildman–Crippen MR) is 83.0 cm³/mol. The van der Waals surface area contributed by atoms with Gasteiger partial charge in [0.2, 0.25) is 0 Å². The molecule has 1 rings (SSSR count). The number of hydrogen-bond donors (Lipinski definition) is 1. The molecule has 108 valence electrons. The normalized spacial score (nSPS) is 10.0. The molecule has 1 aromatic carbocycles. The summed E-state index contributed by atoms with van der Waals surface area (Å²) in [6.07, 6.45) is 2.78. The van der Waals surface area contributed by atoms with E-state index in [1.165, 1.54) is 0 Å². The van der Waals surface area contributed by atoms with Gasteiger partial charge in [-0.25, -0.2) is 9.78 Å². The van der Waals surface area contributed by atoms with Crippen LogP contribution in [0.5, 0.6) is 0 Å². The zero-order valence-electron chi connectivity index (χ0n) is 12.6. The van der Waals surface area contributed by atoms with Crippen molar-refractivity contribution in [1.29, 1.82) is 0 Å². The van der Waals surface area contributed by atoms with Crippen LogP contribution in [0.2, 0.25) is 0 Å². The number of benzene rings is 1. The van der Waals surface area contributed by atoms with Gasteiger partial charge in [-0.15, -0.1) is 0 Å². The zero-order chi connectivity index (χ0) is 15.0. The van der Waals surface area contributed by atoms with Gasteiger partial charge in [0.1, 0.15) is 6.61 Å². The van der Waals surface area contributed by atoms with Crippen LogP contribution in [0.15, 0.2) is 12.6 Å². The van der Waals surface area contributed by atoms with Crippen molar-refractivity contribution in [2.24, 2.45) is 5.73 Å². The Labute approximate surface area is 121 Å². The van der Waals surface area contributed by atoms with Crippen molar-refractivity contribution in [2.75, 3.05) is 13.2 Å². The first-order valence-electron chi connectivity index (χ1n) is 6.84. The monoisotopic (exact) mass is 273 g/mol. The van der Waals surface area contributed by atoms with Gasteiger partial charge in [0.15, 0.2) is 0 Å². The smallest absolute Gasteiger partial charge is 0.108 e. The summed E-state index contributed by atoms with van der Waals surface area (Å²) >= 11 is 0. The van der Waals surface area contributed by atoms with Crippen LogP contribution in [-0.4, -0.2) is 13.2 Å². The molecule has 3 heteroatoms. The van der Waals surface area contributed by atoms with Gasteiger partial charge in [0.05, 0.1) is 13.2 Å². The Hall–Kier alpha value is -1.60. The maximum Gasteiger partial charge on any atom is 0.108 e. The lowest BCUT2D eigenvalue weighted by Crippen LogP contribution is -2.03. The number of hydrogen-bond acceptors (Lipinski definition) is 3. The van der Waals surface area contributed by atoms with Crippen molar-refractivity contribution in [1.82, 2.24) is 0 Å². The highest BCUT2D eigenvalue weighted by atomic mass is 17.2. The molecule has 3 nitrogen and oxygen atoms in total. The first-order valence-corrected chi connectivity index (χ1v) is 6.84. The van der Waals surface area contributed by atoms with Gasteiger partial charge in [-0.1, -0.05) is 37.5 Å². The zero-order valence-corrected chi connectivity index (χ0v) is 12.6. The number of nitrogens with two attached hydrogens (primary N) is 1. The summed E-state index contributed by atoms with van der Waals surface area (Å²) in [5.41, 5.74) is 10.8. The Kier molecular flexibility index (Phi) is 7.03. The molecule has 0 aliphatic rings. The fourth-order valence-corrected chi connectivity index (χ4v) is 2.07. The minimum Gasteiger partial charge on any atom is -0.320 e. The lowest BCUT2D eigenvalue weighted by Gasteiger charge is -2.13. The van der Waals surface area contributed by atoms with Crippen LogP contribution in [0.1, 0.15) is 41.2 Å². The topological polar surface area (TPSA) is 44.5 Å². The van der Waals surface area contributed by atoms with E-state index in [2.05, 4.69) is 31.4 Å². The molecule has 0 aromatic heterocycles. The molecule has 1 aromatic rings. The molecule has 0 aliphatic carbocycles. The quantitative estimate of drug-likeness (QED) is 0.375. The van der Waals surface area contributed by atoms with Crippen molar-refractivity contribution >= 4 is 6.08 Å². The summed E-state index contributed by atoms with van der Waals surface area (Å²) < 4.78 is 0. The van der Waals surface area contributed by atoms with Crippen molar-refractivity contribution in [3.05, 3.63) is 40.5 Å². The second-order valence-corrected chi connectivity index (χ2v) is 4.56. The molecule has 0 radical (unpaired) electrons. The molecular weight excluding hydrogens is 250 g/mol. The predicted octanol–water partition coefficient (Wildman–Crippen LogP) is 3.11. The lowest BCUT2D eigenvalue weighted by atomic mass is 9.93. The first-order chi connectivity index (χ1) is 9.65. The van der Waals surface area contributed by atoms with E-state index < -0.39 is 0 Å². The summed E-state index contributed by atoms with van der Waals surface area (Å²) in [5.74, 6) is 6.03. The third-order valence-electron chi connectivity index (χ3n) is 3.02. The number of rotatable bonds is 6. The van der Waals surface area contributed by atoms with Crippen molar-refractivity contribution in [2.45, 2.75) is 33.8 Å². The highest BCUT2D eigenvalue weighted by Gasteiger charge is 2.10. The van der Waals surface area contributed by atoms with Gasteiger partial charge in [0.25, 0.3) is 0 Å². The van der Waals surface area contributed by atoms with E-state index in [0.29, 0.717) is 19.8 Å². The van der Waals surface area contributed by atoms with Crippen molar-refractivity contribution < 1.29 is 9.78 Å². The van der Waals surface area contributed by atoms with Gasteiger partial charge < -0.3 is 5.73 Å². The molecular formula is C17H23NO2. The average Bonchev–Trinajstić information content (AvgIpc) is 2.43. The van der Waals surface area contributed by atoms with E-state index in [1.54, 1.807) is 0 Å². The Morgan fingerprint density at radius 2 is 2.10 bits per heavy atom. The molecule has 0 heterocycles. The highest BCUT2D eigenvalue weighted by molar-refractivity contribution is 5.63. The van der Waals surface area contributed by atoms with Crippen LogP contribution < -0.4 is 5.73 Å². The van der Waals surface area contributed by atoms with E-state index in [0.717, 1.165) is 34.2 Å². The summed E-state index contributed by atoms with van der Waals surface area (Å²) in [7, 11) is 0. The summed E-state index contributed by atoms with van der Waals surface area (Å²) in [4.78, 5) is 10.3. The van der Waals surface area contributed by atoms with Crippen LogP contribution >= 0.6 is 0 Å². The third kappa shape index (κ3) is 4.21. The second-order valence-electron chi connectivity index (χ2n) is 4.56. The van der Waals surface area contributed by atoms with Gasteiger partial charge >= 0.3 is 0 Å². The molecule has 0 bridgehead atoms. The summed E-state index contributed by atoms with van der Waals surface area (Å²) in [6.45, 7) is 11.3. The van der Waals surface area contributed by atoms with Gasteiger partial charge in [0, 0.05) is 5.56 Å². The van der Waals surface area contributed by atoms with E-state index >= 15 is 0 Å². The number of aryl methyl sites for hydroxylation is 1. The van der Waals surface area contributed by atoms with Gasteiger partial charge in [-0.05, 0) is 42.5 Å². The molecule has 0 fully saturated rings. The molecule has 2 N–H and O–H groups in total. The second kappa shape index (κ2) is 8.55. The maximum absolute atomic E-state index is 5.47. The fraction of sp³-hybridized carbons (Fsp3) is 0.412. The average molecular weight is 273 g/mol. The Morgan fingerprint density at radius 3 is 2.70 bits per heavy atom. The Bertz CT molecular complexity index is 524. The molecule has 0 saturated carbocycles. The molecule has 0 amide bonds. The minimum atomic E-state index is 0.337. The highest BCUT2D eigenvalue weighted by Crippen LogP contribution is 2.23. The Morgan fingerprint density at radius 1 is 1.35 bits per heavy atom. The third-order valence-corrected chi connectivity index (χ3v) is 3.02. The van der Waals surface area contributed by atoms with Gasteiger partial charge in [-0.3, -0.25) is 0 Å². The molecule has 0 atom stereocenters. The van der Waals surface area contributed by atoms with Crippen molar-refractivity contribution in [3.8, 4) is 11.8 Å². The summed E-state index contributed by atoms with van der Waals surface area (Å²) in [5, 5.41) is 0. The first kappa shape index (κ1) is 16.5. The molecule has 0 aliphatic heterocycles. The lowest BCUT2D eigenvalue weighted by molar-refractivity contribution is -0.303. The fourth-order valence-electron chi connectivity index (χ4n) is 2.07. The van der Waals surface area contributed by atoms with Gasteiger partial charge in [-0.2, -0.15) is 0 Å². The standard InChI is InChI=1S/C17H23NO2/c1-5-10-19-20-12-15-11-13(3)16(6-2)14(4)17(15)8-7-9-18/h6,11H,2,5,9-10,12,18H2,1,3-4H3. The van der Waals surface area contributed by atoms with Crippen LogP contribution in [0.3, 0.4) is 0 Å². The molecule has 0 unspecified atom stereocenters. The SMILES string of the molecule is C=Cc1c(C)cc(COOCCC)c(C#CCN)c1C. The largest absolute Gasteiger partial charge is 0.320 e. The molecule has 0 saturated heterocycles. The van der Waals surface area contributed by atoms with E-state index in [1.807, 2.05) is 19.9 Å². The molecule has 0 spiro atoms. The van der Waals surface area contributed by atoms with Crippen LogP contribution in [0.4, 0.5) is 0 Å². The van der Waals surface area contributed by atoms with Crippen molar-refractivity contribution in [3.63, 3.8) is 0 Å². The van der Waals surface area contributed by atoms with Crippen LogP contribution in [-0.2, 0) is 16.4 Å². The maximum atomic E-state index is 5.47. The van der Waals surface area contributed by atoms with E-state index in [4.69, 9.17) is 15.5 Å². The van der Waals surface area contributed by atoms with E-state index in [9.17, 15) is 0 Å². The van der Waals surface area contributed by atoms with Crippen LogP contribution in [0, 0.1) is 25.7 Å². The van der Waals surface area contributed by atoms with Crippen LogP contribution in [0.25, 0.3) is 6.08 Å².